The summed E-state index contributed by atoms with van der Waals surface area (Å²) in [6.45, 7) is 1.99. The molecule has 0 radical (unpaired) electrons. The number of primary amides is 1. The van der Waals surface area contributed by atoms with Crippen LogP contribution in [0.2, 0.25) is 0 Å². The van der Waals surface area contributed by atoms with Crippen LogP contribution in [0.25, 0.3) is 0 Å². The molecule has 0 bridgehead atoms. The molecule has 0 aromatic heterocycles. The van der Waals surface area contributed by atoms with Crippen molar-refractivity contribution in [3.05, 3.63) is 59.7 Å². The van der Waals surface area contributed by atoms with E-state index in [-0.39, 0.29) is 18.1 Å². The van der Waals surface area contributed by atoms with E-state index in [0.29, 0.717) is 11.4 Å². The predicted molar refractivity (Wildman–Crippen MR) is 89.5 cm³/mol. The van der Waals surface area contributed by atoms with Gasteiger partial charge in [0.25, 0.3) is 11.8 Å². The summed E-state index contributed by atoms with van der Waals surface area (Å²) in [5.74, 6) is -0.312. The highest BCUT2D eigenvalue weighted by molar-refractivity contribution is 6.03. The van der Waals surface area contributed by atoms with Crippen molar-refractivity contribution >= 4 is 17.5 Å². The molecule has 23 heavy (non-hydrogen) atoms. The lowest BCUT2D eigenvalue weighted by molar-refractivity contribution is -0.118. The van der Waals surface area contributed by atoms with E-state index in [9.17, 15) is 9.59 Å². The van der Waals surface area contributed by atoms with Crippen molar-refractivity contribution in [2.24, 2.45) is 5.73 Å². The fourth-order valence-electron chi connectivity index (χ4n) is 2.18. The molecular weight excluding hydrogens is 292 g/mol. The smallest absolute Gasteiger partial charge is 0.262 e. The van der Waals surface area contributed by atoms with Crippen LogP contribution in [0, 0.1) is 0 Å². The average Bonchev–Trinajstić information content (AvgIpc) is 2.55. The Labute approximate surface area is 135 Å². The number of aryl methyl sites for hydroxylation is 1. The zero-order valence-electron chi connectivity index (χ0n) is 13.0. The molecule has 0 aliphatic carbocycles. The van der Waals surface area contributed by atoms with Gasteiger partial charge in [-0.15, -0.1) is 0 Å². The lowest BCUT2D eigenvalue weighted by Crippen LogP contribution is -2.22. The molecule has 0 aliphatic rings. The van der Waals surface area contributed by atoms with Crippen LogP contribution in [-0.2, 0) is 11.2 Å². The normalized spacial score (nSPS) is 10.1. The van der Waals surface area contributed by atoms with E-state index in [1.54, 1.807) is 24.3 Å². The summed E-state index contributed by atoms with van der Waals surface area (Å²) in [7, 11) is 0. The maximum atomic E-state index is 11.9. The molecular formula is C18H20N2O3. The van der Waals surface area contributed by atoms with Crippen molar-refractivity contribution in [3.8, 4) is 5.75 Å². The highest BCUT2D eigenvalue weighted by Crippen LogP contribution is 2.15. The number of nitrogens with one attached hydrogen (secondary N) is 1. The Balaban J connectivity index is 1.91. The topological polar surface area (TPSA) is 81.4 Å². The van der Waals surface area contributed by atoms with Crippen LogP contribution >= 0.6 is 0 Å². The van der Waals surface area contributed by atoms with Crippen molar-refractivity contribution in [2.75, 3.05) is 11.9 Å². The highest BCUT2D eigenvalue weighted by atomic mass is 16.5. The molecule has 120 valence electrons. The summed E-state index contributed by atoms with van der Waals surface area (Å²) in [6, 6.07) is 14.2. The Hall–Kier alpha value is -2.82. The predicted octanol–water partition coefficient (Wildman–Crippen LogP) is 2.76. The fourth-order valence-corrected chi connectivity index (χ4v) is 2.18. The largest absolute Gasteiger partial charge is 0.484 e. The van der Waals surface area contributed by atoms with Crippen LogP contribution in [0.1, 0.15) is 29.3 Å². The van der Waals surface area contributed by atoms with Gasteiger partial charge in [0.1, 0.15) is 5.75 Å². The summed E-state index contributed by atoms with van der Waals surface area (Å²) in [5, 5.41) is 2.63. The van der Waals surface area contributed by atoms with Gasteiger partial charge < -0.3 is 15.8 Å². The van der Waals surface area contributed by atoms with E-state index >= 15 is 0 Å². The Bertz CT molecular complexity index is 681. The third-order valence-electron chi connectivity index (χ3n) is 3.30. The van der Waals surface area contributed by atoms with Crippen molar-refractivity contribution in [1.29, 1.82) is 0 Å². The average molecular weight is 312 g/mol. The van der Waals surface area contributed by atoms with Gasteiger partial charge in [-0.25, -0.2) is 0 Å². The molecule has 0 saturated carbocycles. The number of ether oxygens (including phenoxy) is 1. The van der Waals surface area contributed by atoms with Crippen LogP contribution in [0.4, 0.5) is 5.69 Å². The van der Waals surface area contributed by atoms with E-state index in [2.05, 4.69) is 12.2 Å². The third kappa shape index (κ3) is 4.85. The maximum absolute atomic E-state index is 11.9. The minimum absolute atomic E-state index is 0.139. The van der Waals surface area contributed by atoms with Crippen molar-refractivity contribution in [1.82, 2.24) is 0 Å². The molecule has 5 nitrogen and oxygen atoms in total. The van der Waals surface area contributed by atoms with Gasteiger partial charge in [0, 0.05) is 0 Å². The van der Waals surface area contributed by atoms with Gasteiger partial charge >= 0.3 is 0 Å². The van der Waals surface area contributed by atoms with Crippen LogP contribution in [0.3, 0.4) is 0 Å². The summed E-state index contributed by atoms with van der Waals surface area (Å²) in [6.07, 6.45) is 2.10. The number of amides is 2. The highest BCUT2D eigenvalue weighted by Gasteiger charge is 2.10. The number of anilines is 1. The van der Waals surface area contributed by atoms with Crippen molar-refractivity contribution in [2.45, 2.75) is 19.8 Å². The summed E-state index contributed by atoms with van der Waals surface area (Å²) < 4.78 is 5.45. The van der Waals surface area contributed by atoms with Crippen LogP contribution in [0.15, 0.2) is 48.5 Å². The summed E-state index contributed by atoms with van der Waals surface area (Å²) in [5.41, 5.74) is 7.16. The molecule has 0 heterocycles. The molecule has 0 aliphatic heterocycles. The Morgan fingerprint density at radius 2 is 1.78 bits per heavy atom. The van der Waals surface area contributed by atoms with Crippen molar-refractivity contribution in [3.63, 3.8) is 0 Å². The molecule has 0 unspecified atom stereocenters. The third-order valence-corrected chi connectivity index (χ3v) is 3.30. The SMILES string of the molecule is CCCc1ccc(OCC(=O)Nc2ccccc2C(N)=O)cc1. The fraction of sp³-hybridized carbons (Fsp3) is 0.222. The Morgan fingerprint density at radius 1 is 1.09 bits per heavy atom. The minimum Gasteiger partial charge on any atom is -0.484 e. The van der Waals surface area contributed by atoms with Crippen LogP contribution < -0.4 is 15.8 Å². The summed E-state index contributed by atoms with van der Waals surface area (Å²) in [4.78, 5) is 23.2. The van der Waals surface area contributed by atoms with Crippen LogP contribution in [0.5, 0.6) is 5.75 Å². The standard InChI is InChI=1S/C18H20N2O3/c1-2-5-13-8-10-14(11-9-13)23-12-17(21)20-16-7-4-3-6-15(16)18(19)22/h3-4,6-11H,2,5,12H2,1H3,(H2,19,22)(H,20,21). The first-order chi connectivity index (χ1) is 11.1. The van der Waals surface area contributed by atoms with E-state index in [0.717, 1.165) is 12.8 Å². The molecule has 0 atom stereocenters. The zero-order valence-corrected chi connectivity index (χ0v) is 13.0. The molecule has 2 aromatic carbocycles. The first kappa shape index (κ1) is 16.5. The molecule has 2 amide bonds. The molecule has 0 fully saturated rings. The number of carbonyl (C=O) groups excluding carboxylic acids is 2. The van der Waals surface area contributed by atoms with Crippen LogP contribution in [-0.4, -0.2) is 18.4 Å². The molecule has 3 N–H and O–H groups in total. The number of benzene rings is 2. The van der Waals surface area contributed by atoms with Crippen molar-refractivity contribution < 1.29 is 14.3 Å². The molecule has 2 rings (SSSR count). The molecule has 5 heteroatoms. The second kappa shape index (κ2) is 7.98. The Morgan fingerprint density at radius 3 is 2.43 bits per heavy atom. The van der Waals surface area contributed by atoms with Gasteiger partial charge in [-0.1, -0.05) is 37.6 Å². The Kier molecular flexibility index (Phi) is 5.74. The first-order valence-electron chi connectivity index (χ1n) is 7.50. The molecule has 0 spiro atoms. The van der Waals surface area contributed by atoms with Gasteiger partial charge in [-0.3, -0.25) is 9.59 Å². The summed E-state index contributed by atoms with van der Waals surface area (Å²) >= 11 is 0. The lowest BCUT2D eigenvalue weighted by Gasteiger charge is -2.10. The second-order valence-electron chi connectivity index (χ2n) is 5.14. The van der Waals surface area contributed by atoms with Gasteiger partial charge in [0.05, 0.1) is 11.3 Å². The number of rotatable bonds is 7. The second-order valence-corrected chi connectivity index (χ2v) is 5.14. The molecule has 2 aromatic rings. The number of nitrogens with two attached hydrogens (primary N) is 1. The number of hydrogen-bond donors (Lipinski definition) is 2. The minimum atomic E-state index is -0.590. The number of carbonyl (C=O) groups is 2. The number of para-hydroxylation sites is 1. The van der Waals surface area contributed by atoms with E-state index in [1.807, 2.05) is 24.3 Å². The quantitative estimate of drug-likeness (QED) is 0.825. The first-order valence-corrected chi connectivity index (χ1v) is 7.50. The lowest BCUT2D eigenvalue weighted by atomic mass is 10.1. The van der Waals surface area contributed by atoms with E-state index in [1.165, 1.54) is 5.56 Å². The van der Waals surface area contributed by atoms with E-state index < -0.39 is 5.91 Å². The van der Waals surface area contributed by atoms with Gasteiger partial charge in [0.15, 0.2) is 6.61 Å². The van der Waals surface area contributed by atoms with Gasteiger partial charge in [-0.05, 0) is 36.2 Å². The monoisotopic (exact) mass is 312 g/mol. The van der Waals surface area contributed by atoms with Gasteiger partial charge in [0.2, 0.25) is 0 Å². The maximum Gasteiger partial charge on any atom is 0.262 e. The van der Waals surface area contributed by atoms with Gasteiger partial charge in [-0.2, -0.15) is 0 Å². The molecule has 0 saturated heterocycles. The van der Waals surface area contributed by atoms with E-state index in [4.69, 9.17) is 10.5 Å². The zero-order chi connectivity index (χ0) is 16.7. The number of hydrogen-bond acceptors (Lipinski definition) is 3.